The summed E-state index contributed by atoms with van der Waals surface area (Å²) in [7, 11) is 0. The van der Waals surface area contributed by atoms with Crippen LogP contribution >= 0.6 is 0 Å². The Hall–Kier alpha value is -1.50. The van der Waals surface area contributed by atoms with Crippen molar-refractivity contribution >= 4 is 10.8 Å². The van der Waals surface area contributed by atoms with Crippen LogP contribution in [0.4, 0.5) is 0 Å². The Morgan fingerprint density at radius 2 is 1.50 bits per heavy atom. The van der Waals surface area contributed by atoms with Crippen molar-refractivity contribution in [1.82, 2.24) is 0 Å². The molecule has 0 heterocycles. The molecular formula is C15H18O. The van der Waals surface area contributed by atoms with Crippen LogP contribution < -0.4 is 0 Å². The van der Waals surface area contributed by atoms with Crippen LogP contribution in [0.3, 0.4) is 0 Å². The van der Waals surface area contributed by atoms with Crippen LogP contribution in [-0.2, 0) is 0 Å². The fourth-order valence-electron chi connectivity index (χ4n) is 1.97. The Labute approximate surface area is 96.7 Å². The summed E-state index contributed by atoms with van der Waals surface area (Å²) in [6, 6.07) is 12.1. The van der Waals surface area contributed by atoms with E-state index >= 15 is 0 Å². The van der Waals surface area contributed by atoms with Crippen molar-refractivity contribution in [3.8, 4) is 5.75 Å². The molecule has 0 bridgehead atoms. The topological polar surface area (TPSA) is 20.2 Å². The molecule has 84 valence electrons. The number of benzene rings is 2. The molecule has 1 atom stereocenters. The second-order valence-corrected chi connectivity index (χ2v) is 4.79. The third-order valence-corrected chi connectivity index (χ3v) is 3.39. The van der Waals surface area contributed by atoms with Crippen molar-refractivity contribution in [2.24, 2.45) is 5.92 Å². The van der Waals surface area contributed by atoms with E-state index in [0.29, 0.717) is 17.6 Å². The summed E-state index contributed by atoms with van der Waals surface area (Å²) in [5.74, 6) is 1.33. The quantitative estimate of drug-likeness (QED) is 0.790. The van der Waals surface area contributed by atoms with Crippen LogP contribution in [0.5, 0.6) is 5.75 Å². The average molecular weight is 214 g/mol. The highest BCUT2D eigenvalue weighted by Gasteiger charge is 2.14. The summed E-state index contributed by atoms with van der Waals surface area (Å²) in [5, 5.41) is 12.3. The molecule has 0 aliphatic rings. The number of phenols is 1. The zero-order valence-electron chi connectivity index (χ0n) is 10.1. The molecule has 0 aliphatic carbocycles. The Morgan fingerprint density at radius 3 is 2.06 bits per heavy atom. The van der Waals surface area contributed by atoms with Gasteiger partial charge in [-0.3, -0.25) is 0 Å². The minimum absolute atomic E-state index is 0.379. The summed E-state index contributed by atoms with van der Waals surface area (Å²) in [6.45, 7) is 6.52. The van der Waals surface area contributed by atoms with Gasteiger partial charge in [0.05, 0.1) is 0 Å². The van der Waals surface area contributed by atoms with Crippen LogP contribution in [0.2, 0.25) is 0 Å². The number of hydrogen-bond acceptors (Lipinski definition) is 1. The summed E-state index contributed by atoms with van der Waals surface area (Å²) >= 11 is 0. The minimum atomic E-state index is 0.379. The number of fused-ring (bicyclic) bond motifs is 1. The highest BCUT2D eigenvalue weighted by Crippen LogP contribution is 2.34. The number of hydrogen-bond donors (Lipinski definition) is 1. The van der Waals surface area contributed by atoms with Crippen molar-refractivity contribution in [3.63, 3.8) is 0 Å². The molecule has 0 aliphatic heterocycles. The van der Waals surface area contributed by atoms with Crippen molar-refractivity contribution in [2.75, 3.05) is 0 Å². The first-order valence-electron chi connectivity index (χ1n) is 5.81. The molecule has 2 aromatic rings. The van der Waals surface area contributed by atoms with Gasteiger partial charge in [0.2, 0.25) is 0 Å². The van der Waals surface area contributed by atoms with Crippen LogP contribution in [-0.4, -0.2) is 5.11 Å². The van der Waals surface area contributed by atoms with E-state index in [1.165, 1.54) is 5.39 Å². The SMILES string of the molecule is CC(C)C(C)c1cc2ccccc2cc1O. The van der Waals surface area contributed by atoms with E-state index in [9.17, 15) is 5.11 Å². The van der Waals surface area contributed by atoms with E-state index in [4.69, 9.17) is 0 Å². The second-order valence-electron chi connectivity index (χ2n) is 4.79. The standard InChI is InChI=1S/C15H18O/c1-10(2)11(3)14-8-12-6-4-5-7-13(12)9-15(14)16/h4-11,16H,1-3H3. The lowest BCUT2D eigenvalue weighted by Gasteiger charge is -2.18. The smallest absolute Gasteiger partial charge is 0.119 e. The molecule has 1 N–H and O–H groups in total. The Morgan fingerprint density at radius 1 is 0.938 bits per heavy atom. The normalized spacial score (nSPS) is 13.2. The average Bonchev–Trinajstić information content (AvgIpc) is 2.27. The van der Waals surface area contributed by atoms with Crippen LogP contribution in [0.15, 0.2) is 36.4 Å². The van der Waals surface area contributed by atoms with E-state index in [1.54, 1.807) is 0 Å². The molecule has 1 nitrogen and oxygen atoms in total. The summed E-state index contributed by atoms with van der Waals surface area (Å²) in [6.07, 6.45) is 0. The van der Waals surface area contributed by atoms with E-state index in [2.05, 4.69) is 32.9 Å². The number of rotatable bonds is 2. The Bertz CT molecular complexity index is 500. The lowest BCUT2D eigenvalue weighted by atomic mass is 9.88. The van der Waals surface area contributed by atoms with Gasteiger partial charge in [-0.25, -0.2) is 0 Å². The van der Waals surface area contributed by atoms with Crippen molar-refractivity contribution in [3.05, 3.63) is 42.0 Å². The minimum Gasteiger partial charge on any atom is -0.508 e. The first kappa shape index (κ1) is 11.0. The highest BCUT2D eigenvalue weighted by atomic mass is 16.3. The second kappa shape index (κ2) is 4.17. The maximum absolute atomic E-state index is 10.0. The third kappa shape index (κ3) is 1.90. The van der Waals surface area contributed by atoms with Crippen molar-refractivity contribution in [2.45, 2.75) is 26.7 Å². The fourth-order valence-corrected chi connectivity index (χ4v) is 1.97. The van der Waals surface area contributed by atoms with Gasteiger partial charge in [-0.2, -0.15) is 0 Å². The van der Waals surface area contributed by atoms with Gasteiger partial charge in [-0.05, 0) is 40.3 Å². The van der Waals surface area contributed by atoms with Crippen LogP contribution in [0, 0.1) is 5.92 Å². The largest absolute Gasteiger partial charge is 0.508 e. The molecule has 0 saturated carbocycles. The van der Waals surface area contributed by atoms with Gasteiger partial charge in [-0.1, -0.05) is 45.0 Å². The van der Waals surface area contributed by atoms with E-state index < -0.39 is 0 Å². The van der Waals surface area contributed by atoms with E-state index in [0.717, 1.165) is 10.9 Å². The zero-order valence-corrected chi connectivity index (χ0v) is 10.1. The van der Waals surface area contributed by atoms with Crippen LogP contribution in [0.1, 0.15) is 32.3 Å². The van der Waals surface area contributed by atoms with Gasteiger partial charge in [-0.15, -0.1) is 0 Å². The van der Waals surface area contributed by atoms with Crippen LogP contribution in [0.25, 0.3) is 10.8 Å². The van der Waals surface area contributed by atoms with Crippen molar-refractivity contribution in [1.29, 1.82) is 0 Å². The molecule has 0 amide bonds. The van der Waals surface area contributed by atoms with Gasteiger partial charge < -0.3 is 5.11 Å². The molecular weight excluding hydrogens is 196 g/mol. The lowest BCUT2D eigenvalue weighted by molar-refractivity contribution is 0.447. The van der Waals surface area contributed by atoms with E-state index in [-0.39, 0.29) is 0 Å². The first-order valence-corrected chi connectivity index (χ1v) is 5.81. The number of phenolic OH excluding ortho intramolecular Hbond substituents is 1. The van der Waals surface area contributed by atoms with Gasteiger partial charge in [0.25, 0.3) is 0 Å². The molecule has 1 heteroatoms. The Kier molecular flexibility index (Phi) is 2.86. The summed E-state index contributed by atoms with van der Waals surface area (Å²) < 4.78 is 0. The number of aromatic hydroxyl groups is 1. The van der Waals surface area contributed by atoms with Gasteiger partial charge in [0.15, 0.2) is 0 Å². The Balaban J connectivity index is 2.58. The molecule has 2 aromatic carbocycles. The summed E-state index contributed by atoms with van der Waals surface area (Å²) in [5.41, 5.74) is 1.05. The molecule has 0 saturated heterocycles. The fraction of sp³-hybridized carbons (Fsp3) is 0.333. The molecule has 16 heavy (non-hydrogen) atoms. The third-order valence-electron chi connectivity index (χ3n) is 3.39. The lowest BCUT2D eigenvalue weighted by Crippen LogP contribution is -2.02. The van der Waals surface area contributed by atoms with E-state index in [1.807, 2.05) is 24.3 Å². The van der Waals surface area contributed by atoms with Gasteiger partial charge in [0.1, 0.15) is 5.75 Å². The highest BCUT2D eigenvalue weighted by molar-refractivity contribution is 5.85. The molecule has 0 radical (unpaired) electrons. The summed E-state index contributed by atoms with van der Waals surface area (Å²) in [4.78, 5) is 0. The molecule has 2 rings (SSSR count). The monoisotopic (exact) mass is 214 g/mol. The molecule has 0 spiro atoms. The zero-order chi connectivity index (χ0) is 11.7. The maximum atomic E-state index is 10.0. The predicted molar refractivity (Wildman–Crippen MR) is 68.9 cm³/mol. The maximum Gasteiger partial charge on any atom is 0.119 e. The van der Waals surface area contributed by atoms with Crippen molar-refractivity contribution < 1.29 is 5.11 Å². The molecule has 0 aromatic heterocycles. The van der Waals surface area contributed by atoms with Gasteiger partial charge >= 0.3 is 0 Å². The molecule has 1 unspecified atom stereocenters. The first-order chi connectivity index (χ1) is 7.59. The van der Waals surface area contributed by atoms with Gasteiger partial charge in [0, 0.05) is 0 Å². The predicted octanol–water partition coefficient (Wildman–Crippen LogP) is 4.30. The molecule has 0 fully saturated rings.